The third-order valence-electron chi connectivity index (χ3n) is 8.79. The molecule has 1 aromatic rings. The number of thioether (sulfide) groups is 1. The molecule has 2 amide bonds. The average Bonchev–Trinajstić information content (AvgIpc) is 3.52. The summed E-state index contributed by atoms with van der Waals surface area (Å²) in [5.74, 6) is -2.33. The highest BCUT2D eigenvalue weighted by atomic mass is 32.3. The predicted octanol–water partition coefficient (Wildman–Crippen LogP) is -3.92. The molecule has 0 aromatic heterocycles. The maximum absolute atomic E-state index is 13.6. The molecule has 5 rings (SSSR count). The second-order valence-electron chi connectivity index (χ2n) is 12.6. The van der Waals surface area contributed by atoms with Crippen LogP contribution in [0.1, 0.15) is 25.5 Å². The number of hydrogen-bond acceptors (Lipinski definition) is 16. The van der Waals surface area contributed by atoms with E-state index >= 15 is 0 Å². The lowest BCUT2D eigenvalue weighted by atomic mass is 9.95. The van der Waals surface area contributed by atoms with Gasteiger partial charge in [-0.1, -0.05) is 30.3 Å². The number of aliphatic hydroxyl groups excluding tert-OH is 5. The van der Waals surface area contributed by atoms with Gasteiger partial charge in [0.25, 0.3) is 0 Å². The van der Waals surface area contributed by atoms with E-state index in [9.17, 15) is 53.4 Å². The zero-order valence-electron chi connectivity index (χ0n) is 26.1. The number of benzene rings is 1. The van der Waals surface area contributed by atoms with Gasteiger partial charge in [0, 0.05) is 11.3 Å². The van der Waals surface area contributed by atoms with E-state index < -0.39 is 118 Å². The second-order valence-corrected chi connectivity index (χ2v) is 15.4. The van der Waals surface area contributed by atoms with Crippen molar-refractivity contribution >= 4 is 39.9 Å². The van der Waals surface area contributed by atoms with Crippen molar-refractivity contribution in [3.8, 4) is 0 Å². The van der Waals surface area contributed by atoms with Gasteiger partial charge >= 0.3 is 16.4 Å². The first-order valence-corrected chi connectivity index (χ1v) is 17.4. The Bertz CT molecular complexity index is 1480. The van der Waals surface area contributed by atoms with E-state index in [1.54, 1.807) is 44.2 Å². The molecule has 19 nitrogen and oxygen atoms in total. The molecule has 11 unspecified atom stereocenters. The number of carboxylic acid groups (broad SMARTS) is 1. The first-order valence-electron chi connectivity index (χ1n) is 15.2. The highest BCUT2D eigenvalue weighted by Gasteiger charge is 2.64. The van der Waals surface area contributed by atoms with Crippen LogP contribution in [0.5, 0.6) is 0 Å². The number of aliphatic carboxylic acids is 1. The van der Waals surface area contributed by atoms with Gasteiger partial charge in [-0.15, -0.1) is 11.8 Å². The summed E-state index contributed by atoms with van der Waals surface area (Å²) in [7, 11) is -5.13. The molecule has 0 spiro atoms. The molecule has 49 heavy (non-hydrogen) atoms. The minimum absolute atomic E-state index is 0.342. The zero-order chi connectivity index (χ0) is 36.0. The number of amides is 2. The number of fused-ring (bicyclic) bond motifs is 1. The highest BCUT2D eigenvalue weighted by Crippen LogP contribution is 2.50. The van der Waals surface area contributed by atoms with Gasteiger partial charge in [-0.05, 0) is 19.4 Å². The summed E-state index contributed by atoms with van der Waals surface area (Å²) < 4.78 is 51.5. The fourth-order valence-corrected chi connectivity index (χ4v) is 8.58. The maximum atomic E-state index is 13.6. The number of β-lactam (4-membered cyclic amide) rings is 1. The molecule has 4 saturated heterocycles. The summed E-state index contributed by atoms with van der Waals surface area (Å²) in [5.41, 5.74) is 0.461. The van der Waals surface area contributed by atoms with Crippen LogP contribution in [-0.4, -0.2) is 163 Å². The normalized spacial score (nSPS) is 36.9. The minimum Gasteiger partial charge on any atom is -0.480 e. The topological polar surface area (TPSA) is 291 Å². The highest BCUT2D eigenvalue weighted by molar-refractivity contribution is 8.01. The van der Waals surface area contributed by atoms with E-state index in [1.807, 2.05) is 0 Å². The molecule has 4 aliphatic rings. The number of nitrogens with one attached hydrogen (secondary N) is 2. The third kappa shape index (κ3) is 7.73. The van der Waals surface area contributed by atoms with Gasteiger partial charge in [-0.3, -0.25) is 19.5 Å². The van der Waals surface area contributed by atoms with Crippen LogP contribution in [-0.2, 0) is 43.2 Å². The average molecular weight is 738 g/mol. The summed E-state index contributed by atoms with van der Waals surface area (Å²) >= 11 is 1.26. The van der Waals surface area contributed by atoms with Crippen molar-refractivity contribution in [2.45, 2.75) is 97.2 Å². The van der Waals surface area contributed by atoms with Crippen LogP contribution in [0, 0.1) is 0 Å². The van der Waals surface area contributed by atoms with Crippen molar-refractivity contribution in [3.63, 3.8) is 0 Å². The summed E-state index contributed by atoms with van der Waals surface area (Å²) in [5, 5.41) is 67.1. The number of nitrogens with zero attached hydrogens (tertiary/aromatic N) is 1. The summed E-state index contributed by atoms with van der Waals surface area (Å²) in [6.07, 6.45) is -15.0. The monoisotopic (exact) mass is 737 g/mol. The molecule has 0 saturated carbocycles. The van der Waals surface area contributed by atoms with Gasteiger partial charge < -0.3 is 55.1 Å². The molecule has 4 fully saturated rings. The number of carbonyl (C=O) groups excluding carboxylic acids is 2. The van der Waals surface area contributed by atoms with Crippen molar-refractivity contribution < 1.29 is 76.4 Å². The fraction of sp³-hybridized carbons (Fsp3) is 0.679. The SMILES string of the molecule is CC1(C)S[C@@H]2[C@H](NC(=O)C(NCC(O)C3OCC(O)C3OC3OC(CO)C(OS(=O)(=O)O)C(O)C3O)c3ccccc3)C(=O)N2C1C(=O)O. The van der Waals surface area contributed by atoms with Crippen LogP contribution >= 0.6 is 11.8 Å². The molecule has 9 N–H and O–H groups in total. The van der Waals surface area contributed by atoms with E-state index in [4.69, 9.17) is 18.8 Å². The van der Waals surface area contributed by atoms with E-state index in [0.29, 0.717) is 5.56 Å². The predicted molar refractivity (Wildman–Crippen MR) is 164 cm³/mol. The first-order chi connectivity index (χ1) is 22.9. The molecule has 1 aromatic carbocycles. The molecule has 13 atom stereocenters. The van der Waals surface area contributed by atoms with Gasteiger partial charge in [-0.2, -0.15) is 8.42 Å². The van der Waals surface area contributed by atoms with Crippen LogP contribution in [0.25, 0.3) is 0 Å². The van der Waals surface area contributed by atoms with Gasteiger partial charge in [0.15, 0.2) is 6.29 Å². The number of aliphatic hydroxyl groups is 5. The lowest BCUT2D eigenvalue weighted by molar-refractivity contribution is -0.316. The first kappa shape index (κ1) is 37.7. The molecular formula is C28H39N3O16S2. The molecule has 4 aliphatic heterocycles. The standard InChI is InChI=1S/C28H39N3O16S2/c1-28(2)22(26(39)40)31-24(38)16(25(31)48-28)30-23(37)15(11-6-4-3-5-7-11)29-8-12(33)19-20(13(34)10-44-19)46-27-18(36)17(35)21(14(9-32)45-27)47-49(41,42)43/h3-7,12-22,25,27,29,32-36H,8-10H2,1-2H3,(H,30,37)(H,39,40)(H,41,42,43)/t12?,13?,14?,15?,16-,17?,18?,19?,20?,21?,22?,25-,27?/m1/s1. The van der Waals surface area contributed by atoms with Crippen LogP contribution in [0.2, 0.25) is 0 Å². The number of rotatable bonds is 13. The zero-order valence-corrected chi connectivity index (χ0v) is 27.7. The Morgan fingerprint density at radius 1 is 1.14 bits per heavy atom. The largest absolute Gasteiger partial charge is 0.480 e. The third-order valence-corrected chi connectivity index (χ3v) is 10.8. The van der Waals surface area contributed by atoms with Gasteiger partial charge in [0.1, 0.15) is 66.2 Å². The lowest BCUT2D eigenvalue weighted by Gasteiger charge is -2.44. The van der Waals surface area contributed by atoms with Crippen molar-refractivity contribution in [2.24, 2.45) is 0 Å². The van der Waals surface area contributed by atoms with E-state index in [0.717, 1.165) is 0 Å². The Morgan fingerprint density at radius 3 is 2.43 bits per heavy atom. The Hall–Kier alpha value is -2.51. The smallest absolute Gasteiger partial charge is 0.397 e. The molecular weight excluding hydrogens is 698 g/mol. The number of ether oxygens (including phenoxy) is 3. The van der Waals surface area contributed by atoms with E-state index in [2.05, 4.69) is 14.8 Å². The van der Waals surface area contributed by atoms with Crippen molar-refractivity contribution in [2.75, 3.05) is 19.8 Å². The Balaban J connectivity index is 1.25. The number of carboxylic acids is 1. The second kappa shape index (κ2) is 14.6. The van der Waals surface area contributed by atoms with Crippen molar-refractivity contribution in [3.05, 3.63) is 35.9 Å². The summed E-state index contributed by atoms with van der Waals surface area (Å²) in [6.45, 7) is 1.79. The lowest BCUT2D eigenvalue weighted by Crippen LogP contribution is -2.71. The van der Waals surface area contributed by atoms with Crippen LogP contribution in [0.3, 0.4) is 0 Å². The summed E-state index contributed by atoms with van der Waals surface area (Å²) in [4.78, 5) is 39.7. The van der Waals surface area contributed by atoms with Crippen LogP contribution < -0.4 is 10.6 Å². The number of hydrogen-bond donors (Lipinski definition) is 9. The quantitative estimate of drug-likeness (QED) is 0.0690. The molecule has 274 valence electrons. The van der Waals surface area contributed by atoms with Crippen LogP contribution in [0.4, 0.5) is 0 Å². The summed E-state index contributed by atoms with van der Waals surface area (Å²) in [6, 6.07) is 5.15. The fourth-order valence-electron chi connectivity index (χ4n) is 6.44. The van der Waals surface area contributed by atoms with Gasteiger partial charge in [0.2, 0.25) is 11.8 Å². The Labute approximate surface area is 284 Å². The maximum Gasteiger partial charge on any atom is 0.397 e. The molecule has 4 heterocycles. The van der Waals surface area contributed by atoms with Crippen molar-refractivity contribution in [1.82, 2.24) is 15.5 Å². The van der Waals surface area contributed by atoms with E-state index in [-0.39, 0.29) is 13.2 Å². The van der Waals surface area contributed by atoms with E-state index in [1.165, 1.54) is 16.7 Å². The minimum atomic E-state index is -5.13. The van der Waals surface area contributed by atoms with Crippen LogP contribution in [0.15, 0.2) is 30.3 Å². The Kier molecular flexibility index (Phi) is 11.3. The number of carbonyl (C=O) groups is 3. The van der Waals surface area contributed by atoms with Gasteiger partial charge in [0.05, 0.1) is 19.3 Å². The molecule has 21 heteroatoms. The molecule has 0 radical (unpaired) electrons. The van der Waals surface area contributed by atoms with Gasteiger partial charge in [-0.25, -0.2) is 8.98 Å². The van der Waals surface area contributed by atoms with Crippen molar-refractivity contribution in [1.29, 1.82) is 0 Å². The molecule has 0 aliphatic carbocycles. The molecule has 0 bridgehead atoms. The Morgan fingerprint density at radius 2 is 1.82 bits per heavy atom.